The second kappa shape index (κ2) is 7.93. The van der Waals surface area contributed by atoms with Gasteiger partial charge >= 0.3 is 0 Å². The van der Waals surface area contributed by atoms with Crippen molar-refractivity contribution in [1.82, 2.24) is 10.3 Å². The maximum Gasteiger partial charge on any atom is 0.228 e. The lowest BCUT2D eigenvalue weighted by atomic mass is 9.94. The van der Waals surface area contributed by atoms with Crippen LogP contribution in [0.25, 0.3) is 0 Å². The van der Waals surface area contributed by atoms with Crippen molar-refractivity contribution in [3.05, 3.63) is 30.0 Å². The number of aromatic nitrogens is 1. The first-order valence-corrected chi connectivity index (χ1v) is 10.4. The quantitative estimate of drug-likeness (QED) is 0.746. The van der Waals surface area contributed by atoms with Crippen molar-refractivity contribution >= 4 is 34.0 Å². The van der Waals surface area contributed by atoms with Gasteiger partial charge in [0.2, 0.25) is 11.8 Å². The van der Waals surface area contributed by atoms with Crippen LogP contribution in [-0.4, -0.2) is 24.0 Å². The fraction of sp³-hybridized carbons (Fsp3) is 0.556. The van der Waals surface area contributed by atoms with E-state index in [9.17, 15) is 4.79 Å². The molecule has 0 unspecified atom stereocenters. The van der Waals surface area contributed by atoms with Crippen molar-refractivity contribution in [2.45, 2.75) is 49.0 Å². The highest BCUT2D eigenvalue weighted by Crippen LogP contribution is 2.34. The molecule has 3 rings (SSSR count). The monoisotopic (exact) mass is 381 g/mol. The summed E-state index contributed by atoms with van der Waals surface area (Å²) in [6.45, 7) is 8.19. The number of nitrogens with one attached hydrogen (secondary N) is 2. The molecular formula is C18H27N3O2S2. The zero-order chi connectivity index (χ0) is 17.9. The van der Waals surface area contributed by atoms with E-state index in [0.717, 1.165) is 46.8 Å². The van der Waals surface area contributed by atoms with Crippen molar-refractivity contribution < 1.29 is 10.6 Å². The van der Waals surface area contributed by atoms with Crippen LogP contribution in [0.15, 0.2) is 27.0 Å². The molecule has 2 aromatic heterocycles. The van der Waals surface area contributed by atoms with Gasteiger partial charge in [-0.1, -0.05) is 20.8 Å². The van der Waals surface area contributed by atoms with Gasteiger partial charge in [-0.25, -0.2) is 4.98 Å². The number of rotatable bonds is 5. The summed E-state index contributed by atoms with van der Waals surface area (Å²) in [5.41, 5.74) is -0.0229. The van der Waals surface area contributed by atoms with Gasteiger partial charge in [-0.2, -0.15) is 0 Å². The molecule has 0 aromatic carbocycles. The van der Waals surface area contributed by atoms with Gasteiger partial charge in [-0.05, 0) is 38.1 Å². The normalized spacial score (nSPS) is 16.1. The molecule has 0 radical (unpaired) electrons. The largest absolute Gasteiger partial charge is 0.444 e. The van der Waals surface area contributed by atoms with Crippen LogP contribution < -0.4 is 10.6 Å². The second-order valence-electron chi connectivity index (χ2n) is 7.29. The van der Waals surface area contributed by atoms with E-state index in [-0.39, 0.29) is 18.7 Å². The van der Waals surface area contributed by atoms with E-state index in [1.54, 1.807) is 23.1 Å². The van der Waals surface area contributed by atoms with Crippen LogP contribution in [0.2, 0.25) is 0 Å². The fourth-order valence-electron chi connectivity index (χ4n) is 2.63. The molecule has 138 valence electrons. The van der Waals surface area contributed by atoms with Crippen molar-refractivity contribution in [3.63, 3.8) is 0 Å². The number of carbonyl (C=O) groups is 1. The van der Waals surface area contributed by atoms with E-state index in [1.165, 1.54) is 0 Å². The number of thiophene rings is 1. The topological polar surface area (TPSA) is 67.2 Å². The highest BCUT2D eigenvalue weighted by Gasteiger charge is 2.21. The minimum atomic E-state index is -0.0229. The predicted octanol–water partition coefficient (Wildman–Crippen LogP) is 4.51. The van der Waals surface area contributed by atoms with E-state index >= 15 is 0 Å². The first-order chi connectivity index (χ1) is 11.9. The van der Waals surface area contributed by atoms with E-state index < -0.39 is 0 Å². The summed E-state index contributed by atoms with van der Waals surface area (Å²) in [6, 6.07) is 4.02. The van der Waals surface area contributed by atoms with Crippen LogP contribution in [0.1, 0.15) is 46.7 Å². The number of nitrogens with zero attached hydrogens (tertiary/aromatic N) is 1. The SMILES string of the molecule is CC(C)(C)c1cnc(CSc2ccc(NC(=O)C3CCNCC3)s2)o1.[HH]. The van der Waals surface area contributed by atoms with Gasteiger partial charge in [0, 0.05) is 12.8 Å². The summed E-state index contributed by atoms with van der Waals surface area (Å²) in [5.74, 6) is 2.61. The van der Waals surface area contributed by atoms with Crippen LogP contribution >= 0.6 is 23.1 Å². The summed E-state index contributed by atoms with van der Waals surface area (Å²) >= 11 is 3.28. The van der Waals surface area contributed by atoms with Crippen LogP contribution in [0, 0.1) is 5.92 Å². The number of hydrogen-bond donors (Lipinski definition) is 2. The Morgan fingerprint density at radius 2 is 2.20 bits per heavy atom. The summed E-state index contributed by atoms with van der Waals surface area (Å²) < 4.78 is 6.97. The molecule has 0 bridgehead atoms. The number of amides is 1. The maximum atomic E-state index is 12.3. The number of anilines is 1. The van der Waals surface area contributed by atoms with Crippen molar-refractivity contribution in [2.24, 2.45) is 5.92 Å². The standard InChI is InChI=1S/C18H25N3O2S2.H2/c1-18(2,3)13-10-20-14(23-13)11-24-16-5-4-15(25-16)21-17(22)12-6-8-19-9-7-12;/h4-5,10,12,19H,6-9,11H2,1-3H3,(H,21,22);1H. The van der Waals surface area contributed by atoms with E-state index in [1.807, 2.05) is 18.3 Å². The molecule has 0 aliphatic carbocycles. The zero-order valence-electron chi connectivity index (χ0n) is 14.9. The lowest BCUT2D eigenvalue weighted by Crippen LogP contribution is -2.34. The first kappa shape index (κ1) is 18.5. The van der Waals surface area contributed by atoms with Gasteiger partial charge in [-0.15, -0.1) is 23.1 Å². The first-order valence-electron chi connectivity index (χ1n) is 8.61. The molecule has 0 spiro atoms. The van der Waals surface area contributed by atoms with Crippen LogP contribution in [0.3, 0.4) is 0 Å². The molecule has 25 heavy (non-hydrogen) atoms. The predicted molar refractivity (Wildman–Crippen MR) is 105 cm³/mol. The Balaban J connectivity index is 0.00000243. The molecule has 1 aliphatic rings. The summed E-state index contributed by atoms with van der Waals surface area (Å²) in [6.07, 6.45) is 3.65. The molecule has 0 atom stereocenters. The molecule has 0 saturated carbocycles. The molecule has 1 aliphatic heterocycles. The van der Waals surface area contributed by atoms with Crippen LogP contribution in [0.4, 0.5) is 5.00 Å². The number of thioether (sulfide) groups is 1. The van der Waals surface area contributed by atoms with Gasteiger partial charge in [0.25, 0.3) is 0 Å². The van der Waals surface area contributed by atoms with Gasteiger partial charge in [0.15, 0.2) is 0 Å². The average Bonchev–Trinajstić information content (AvgIpc) is 3.22. The molecule has 3 heterocycles. The van der Waals surface area contributed by atoms with Gasteiger partial charge in [0.1, 0.15) is 5.76 Å². The number of hydrogen-bond acceptors (Lipinski definition) is 6. The molecular weight excluding hydrogens is 354 g/mol. The highest BCUT2D eigenvalue weighted by atomic mass is 32.2. The lowest BCUT2D eigenvalue weighted by Gasteiger charge is -2.21. The second-order valence-corrected chi connectivity index (χ2v) is 9.65. The van der Waals surface area contributed by atoms with E-state index in [2.05, 4.69) is 36.4 Å². The summed E-state index contributed by atoms with van der Waals surface area (Å²) in [7, 11) is 0. The average molecular weight is 382 g/mol. The lowest BCUT2D eigenvalue weighted by molar-refractivity contribution is -0.120. The number of oxazole rings is 1. The number of piperidine rings is 1. The zero-order valence-corrected chi connectivity index (χ0v) is 16.6. The summed E-state index contributed by atoms with van der Waals surface area (Å²) in [4.78, 5) is 16.6. The highest BCUT2D eigenvalue weighted by molar-refractivity contribution is 8.00. The maximum absolute atomic E-state index is 12.3. The van der Waals surface area contributed by atoms with E-state index in [4.69, 9.17) is 4.42 Å². The molecule has 5 nitrogen and oxygen atoms in total. The Kier molecular flexibility index (Phi) is 5.86. The Bertz CT molecular complexity index is 718. The Labute approximate surface area is 158 Å². The molecule has 2 N–H and O–H groups in total. The third-order valence-electron chi connectivity index (χ3n) is 4.17. The fourth-order valence-corrected chi connectivity index (χ4v) is 4.51. The number of carbonyl (C=O) groups excluding carboxylic acids is 1. The van der Waals surface area contributed by atoms with Crippen molar-refractivity contribution in [2.75, 3.05) is 18.4 Å². The van der Waals surface area contributed by atoms with Crippen molar-refractivity contribution in [1.29, 1.82) is 0 Å². The minimum Gasteiger partial charge on any atom is -0.444 e. The van der Waals surface area contributed by atoms with E-state index in [0.29, 0.717) is 5.75 Å². The van der Waals surface area contributed by atoms with Crippen LogP contribution in [0.5, 0.6) is 0 Å². The van der Waals surface area contributed by atoms with Crippen LogP contribution in [-0.2, 0) is 16.0 Å². The third kappa shape index (κ3) is 5.09. The third-order valence-corrected chi connectivity index (χ3v) is 6.38. The summed E-state index contributed by atoms with van der Waals surface area (Å²) in [5, 5.41) is 7.25. The Morgan fingerprint density at radius 1 is 1.44 bits per heavy atom. The molecule has 1 saturated heterocycles. The Morgan fingerprint density at radius 3 is 2.88 bits per heavy atom. The van der Waals surface area contributed by atoms with Gasteiger partial charge < -0.3 is 15.1 Å². The van der Waals surface area contributed by atoms with Gasteiger partial charge in [-0.3, -0.25) is 4.79 Å². The minimum absolute atomic E-state index is 0. The smallest absolute Gasteiger partial charge is 0.228 e. The molecule has 1 fully saturated rings. The molecule has 7 heteroatoms. The van der Waals surface area contributed by atoms with Gasteiger partial charge in [0.05, 0.1) is 21.2 Å². The molecule has 1 amide bonds. The molecule has 2 aromatic rings. The van der Waals surface area contributed by atoms with Crippen molar-refractivity contribution in [3.8, 4) is 0 Å². The Hall–Kier alpha value is -1.31.